The number of nitrogens with two attached hydrogens (primary N) is 4. The lowest BCUT2D eigenvalue weighted by molar-refractivity contribution is -0.143. The zero-order valence-corrected chi connectivity index (χ0v) is 56.6. The van der Waals surface area contributed by atoms with E-state index in [-0.39, 0.29) is 56.4 Å². The van der Waals surface area contributed by atoms with Crippen molar-refractivity contribution in [3.63, 3.8) is 0 Å². The molecule has 528 valence electrons. The summed E-state index contributed by atoms with van der Waals surface area (Å²) in [6.07, 6.45) is 3.44. The molecule has 22 N–H and O–H groups in total. The normalized spacial score (nSPS) is 16.7. The molecule has 13 atom stereocenters. The zero-order chi connectivity index (χ0) is 70.8. The van der Waals surface area contributed by atoms with E-state index in [9.17, 15) is 77.3 Å². The SMILES string of the molecule is CC[C@H](C)[C@H](NC(=O)[C@@H](N)CCCCN)C(=O)N1CCC[C@H]1C(=O)N[C@@H](C)C(=O)N[C@@H](CCSC)C(=O)N[C@H](C(=O)N[C@H](C(=O)N[C@@H](CC(=O)O)C(=O)N[C@@H](CCCN=C(N)N)C(=O)N[C@@H](CS)C(=O)NCC(=O)N[C@@H](CS)C(=O)N[C@@H](CO)C(=O)O)C(C)C)C(C)C. The Morgan fingerprint density at radius 3 is 1.65 bits per heavy atom. The number of nitrogens with one attached hydrogen (secondary N) is 11. The molecule has 0 unspecified atom stereocenters. The number of unbranched alkanes of at least 4 members (excludes halogenated alkanes) is 1. The van der Waals surface area contributed by atoms with Crippen molar-refractivity contribution in [2.45, 2.75) is 185 Å². The van der Waals surface area contributed by atoms with Gasteiger partial charge in [0.05, 0.1) is 25.6 Å². The Kier molecular flexibility index (Phi) is 39.3. The van der Waals surface area contributed by atoms with Crippen molar-refractivity contribution in [1.29, 1.82) is 0 Å². The molecule has 12 amide bonds. The number of guanidine groups is 1. The van der Waals surface area contributed by atoms with Gasteiger partial charge in [0, 0.05) is 24.6 Å². The fourth-order valence-electron chi connectivity index (χ4n) is 9.15. The number of carboxylic acid groups (broad SMARTS) is 2. The lowest BCUT2D eigenvalue weighted by Gasteiger charge is -2.32. The minimum atomic E-state index is -1.92. The first-order chi connectivity index (χ1) is 43.7. The molecule has 37 heteroatoms. The number of carbonyl (C=O) groups excluding carboxylic acids is 12. The third-order valence-electron chi connectivity index (χ3n) is 14.9. The van der Waals surface area contributed by atoms with E-state index in [1.54, 1.807) is 27.0 Å². The summed E-state index contributed by atoms with van der Waals surface area (Å²) in [5.74, 6) is -15.9. The molecule has 0 aromatic rings. The number of carboxylic acids is 2. The molecule has 1 aliphatic rings. The van der Waals surface area contributed by atoms with Crippen LogP contribution in [0.1, 0.15) is 113 Å². The van der Waals surface area contributed by atoms with Crippen LogP contribution in [0.4, 0.5) is 0 Å². The van der Waals surface area contributed by atoms with E-state index < -0.39 is 192 Å². The van der Waals surface area contributed by atoms with Gasteiger partial charge in [0.1, 0.15) is 66.5 Å². The van der Waals surface area contributed by atoms with Gasteiger partial charge in [-0.3, -0.25) is 67.3 Å². The molecule has 0 bridgehead atoms. The second kappa shape index (κ2) is 43.6. The molecule has 0 saturated carbocycles. The zero-order valence-electron chi connectivity index (χ0n) is 54.0. The van der Waals surface area contributed by atoms with E-state index in [2.05, 4.69) is 83.4 Å². The van der Waals surface area contributed by atoms with E-state index in [0.29, 0.717) is 44.4 Å². The van der Waals surface area contributed by atoms with Crippen LogP contribution >= 0.6 is 37.0 Å². The van der Waals surface area contributed by atoms with Crippen LogP contribution in [0, 0.1) is 17.8 Å². The molecule has 1 heterocycles. The number of hydrogen-bond acceptors (Lipinski definition) is 21. The third kappa shape index (κ3) is 29.7. The van der Waals surface area contributed by atoms with Crippen molar-refractivity contribution >= 4 is 126 Å². The predicted octanol–water partition coefficient (Wildman–Crippen LogP) is -6.01. The molecule has 1 fully saturated rings. The highest BCUT2D eigenvalue weighted by molar-refractivity contribution is 7.98. The summed E-state index contributed by atoms with van der Waals surface area (Å²) >= 11 is 9.45. The molecule has 0 spiro atoms. The van der Waals surface area contributed by atoms with Gasteiger partial charge in [0.15, 0.2) is 5.96 Å². The minimum Gasteiger partial charge on any atom is -0.481 e. The second-order valence-corrected chi connectivity index (χ2v) is 24.7. The molecule has 1 saturated heterocycles. The van der Waals surface area contributed by atoms with Crippen molar-refractivity contribution in [1.82, 2.24) is 63.4 Å². The number of rotatable bonds is 44. The maximum absolute atomic E-state index is 14.2. The highest BCUT2D eigenvalue weighted by Gasteiger charge is 2.41. The first-order valence-corrected chi connectivity index (χ1v) is 33.3. The van der Waals surface area contributed by atoms with Gasteiger partial charge in [-0.15, -0.1) is 0 Å². The van der Waals surface area contributed by atoms with Crippen molar-refractivity contribution in [2.24, 2.45) is 45.7 Å². The quantitative estimate of drug-likeness (QED) is 0.0117. The molecular weight excluding hydrogens is 1280 g/mol. The molecule has 0 aromatic carbocycles. The summed E-state index contributed by atoms with van der Waals surface area (Å²) in [5, 5.41) is 55.2. The smallest absolute Gasteiger partial charge is 0.328 e. The number of nitrogens with zero attached hydrogens (tertiary/aromatic N) is 2. The van der Waals surface area contributed by atoms with Crippen molar-refractivity contribution in [2.75, 3.05) is 56.3 Å². The van der Waals surface area contributed by atoms with Crippen molar-refractivity contribution in [3.05, 3.63) is 0 Å². The average molecular weight is 1380 g/mol. The second-order valence-electron chi connectivity index (χ2n) is 23.0. The Balaban J connectivity index is 3.31. The number of likely N-dealkylation sites (tertiary alicyclic amines) is 1. The van der Waals surface area contributed by atoms with Gasteiger partial charge < -0.3 is 102 Å². The van der Waals surface area contributed by atoms with Gasteiger partial charge >= 0.3 is 11.9 Å². The summed E-state index contributed by atoms with van der Waals surface area (Å²) in [5.41, 5.74) is 22.6. The van der Waals surface area contributed by atoms with Crippen LogP contribution in [0.3, 0.4) is 0 Å². The average Bonchev–Trinajstić information content (AvgIpc) is 1.83. The number of carbonyl (C=O) groups is 14. The van der Waals surface area contributed by atoms with Gasteiger partial charge in [-0.2, -0.15) is 37.0 Å². The molecule has 0 radical (unpaired) electrons. The van der Waals surface area contributed by atoms with E-state index >= 15 is 0 Å². The minimum absolute atomic E-state index is 0.00811. The first-order valence-electron chi connectivity index (χ1n) is 30.6. The van der Waals surface area contributed by atoms with Crippen LogP contribution in [0.2, 0.25) is 0 Å². The highest BCUT2D eigenvalue weighted by atomic mass is 32.2. The van der Waals surface area contributed by atoms with Gasteiger partial charge in [0.25, 0.3) is 0 Å². The molecule has 0 aliphatic carbocycles. The Labute approximate surface area is 556 Å². The summed E-state index contributed by atoms with van der Waals surface area (Å²) < 4.78 is 0. The summed E-state index contributed by atoms with van der Waals surface area (Å²) in [6, 6.07) is -16.3. The number of aliphatic hydroxyl groups is 1. The van der Waals surface area contributed by atoms with Gasteiger partial charge in [0.2, 0.25) is 70.9 Å². The molecule has 1 aliphatic heterocycles. The third-order valence-corrected chi connectivity index (χ3v) is 16.2. The van der Waals surface area contributed by atoms with E-state index in [0.717, 1.165) is 0 Å². The number of amides is 12. The van der Waals surface area contributed by atoms with Gasteiger partial charge in [-0.25, -0.2) is 4.79 Å². The lowest BCUT2D eigenvalue weighted by atomic mass is 9.96. The molecule has 93 heavy (non-hydrogen) atoms. The fourth-order valence-corrected chi connectivity index (χ4v) is 10.1. The monoisotopic (exact) mass is 1380 g/mol. The van der Waals surface area contributed by atoms with Crippen molar-refractivity contribution < 1.29 is 82.4 Å². The topological polar surface area (TPSA) is 552 Å². The summed E-state index contributed by atoms with van der Waals surface area (Å²) in [6.45, 7) is 10.1. The summed E-state index contributed by atoms with van der Waals surface area (Å²) in [7, 11) is 0. The molecule has 34 nitrogen and oxygen atoms in total. The van der Waals surface area contributed by atoms with Crippen LogP contribution in [0.15, 0.2) is 4.99 Å². The number of thioether (sulfide) groups is 1. The molecular formula is C56H99N17O17S3. The van der Waals surface area contributed by atoms with E-state index in [1.165, 1.54) is 37.4 Å². The lowest BCUT2D eigenvalue weighted by Crippen LogP contribution is -2.62. The van der Waals surface area contributed by atoms with Crippen LogP contribution in [-0.4, -0.2) is 238 Å². The molecule has 1 rings (SSSR count). The Morgan fingerprint density at radius 2 is 1.11 bits per heavy atom. The van der Waals surface area contributed by atoms with E-state index in [1.807, 2.05) is 12.2 Å². The standard InChI is InChI=1S/C56H99N17O17S3/c1-9-29(6)43(72-45(79)31(58)14-10-11-18-57)54(88)73-20-13-16-38(73)51(85)63-30(7)44(78)65-33(17-21-93-8)48(82)70-42(28(4)5)53(87)71-41(27(2)3)52(86)67-34(22-40(76)77)49(83)66-32(15-12-19-61-56(59)60)47(81)69-36(25-91)46(80)62-23-39(75)64-37(26-92)50(84)68-35(24-74)55(89)90/h27-38,41-43,74,91-92H,9-26,57-58H2,1-8H3,(H,62,80)(H,63,85)(H,64,75)(H,65,78)(H,66,83)(H,67,86)(H,68,84)(H,69,81)(H,70,82)(H,71,87)(H,72,79)(H,76,77)(H,89,90)(H4,59,60,61)/t29-,30-,31-,32-,33-,34-,35-,36-,37-,38-,41-,42-,43-/m0/s1. The van der Waals surface area contributed by atoms with Crippen LogP contribution in [0.5, 0.6) is 0 Å². The number of hydrogen-bond donors (Lipinski definition) is 20. The largest absolute Gasteiger partial charge is 0.481 e. The molecule has 0 aromatic heterocycles. The predicted molar refractivity (Wildman–Crippen MR) is 350 cm³/mol. The number of aliphatic hydroxyl groups excluding tert-OH is 1. The number of thiol groups is 2. The number of aliphatic imine (C=N–C) groups is 1. The highest BCUT2D eigenvalue weighted by Crippen LogP contribution is 2.22. The maximum atomic E-state index is 14.2. The van der Waals surface area contributed by atoms with Crippen LogP contribution in [0.25, 0.3) is 0 Å². The Bertz CT molecular complexity index is 2590. The van der Waals surface area contributed by atoms with Gasteiger partial charge in [-0.05, 0) is 88.2 Å². The fraction of sp³-hybridized carbons (Fsp3) is 0.732. The Hall–Kier alpha value is -7.22. The van der Waals surface area contributed by atoms with Crippen LogP contribution < -0.4 is 81.4 Å². The van der Waals surface area contributed by atoms with Gasteiger partial charge in [-0.1, -0.05) is 54.4 Å². The van der Waals surface area contributed by atoms with Crippen molar-refractivity contribution in [3.8, 4) is 0 Å². The summed E-state index contributed by atoms with van der Waals surface area (Å²) in [4.78, 5) is 192. The maximum Gasteiger partial charge on any atom is 0.328 e. The van der Waals surface area contributed by atoms with E-state index in [4.69, 9.17) is 28.0 Å². The first kappa shape index (κ1) is 83.8. The Morgan fingerprint density at radius 1 is 0.602 bits per heavy atom. The number of aliphatic carboxylic acids is 2. The van der Waals surface area contributed by atoms with Crippen LogP contribution in [-0.2, 0) is 67.1 Å².